The molecule has 0 bridgehead atoms. The van der Waals surface area contributed by atoms with Gasteiger partial charge in [0.2, 0.25) is 0 Å². The summed E-state index contributed by atoms with van der Waals surface area (Å²) in [6.07, 6.45) is 1.23. The van der Waals surface area contributed by atoms with E-state index >= 15 is 0 Å². The topological polar surface area (TPSA) is 60.2 Å². The summed E-state index contributed by atoms with van der Waals surface area (Å²) in [7, 11) is -3.04. The molecule has 0 spiro atoms. The highest BCUT2D eigenvalue weighted by Crippen LogP contribution is 2.44. The fourth-order valence-corrected chi connectivity index (χ4v) is 3.60. The normalized spacial score (nSPS) is 30.2. The number of sulfone groups is 1. The van der Waals surface area contributed by atoms with E-state index in [-0.39, 0.29) is 12.0 Å². The predicted octanol–water partition coefficient (Wildman–Crippen LogP) is 1.18. The molecule has 82 valence electrons. The van der Waals surface area contributed by atoms with Crippen LogP contribution in [-0.4, -0.2) is 26.0 Å². The maximum atomic E-state index is 11.3. The van der Waals surface area contributed by atoms with Crippen LogP contribution in [0.5, 0.6) is 0 Å². The first-order valence-electron chi connectivity index (χ1n) is 4.61. The van der Waals surface area contributed by atoms with E-state index in [0.29, 0.717) is 5.02 Å². The summed E-state index contributed by atoms with van der Waals surface area (Å²) in [6, 6.07) is 6.89. The number of nitrogens with two attached hydrogens (primary N) is 1. The maximum Gasteiger partial charge on any atom is 0.152 e. The molecular weight excluding hydrogens is 234 g/mol. The Morgan fingerprint density at radius 2 is 1.80 bits per heavy atom. The molecule has 3 nitrogen and oxygen atoms in total. The van der Waals surface area contributed by atoms with Crippen molar-refractivity contribution in [1.29, 1.82) is 0 Å². The van der Waals surface area contributed by atoms with Gasteiger partial charge in [-0.3, -0.25) is 0 Å². The second-order valence-electron chi connectivity index (χ2n) is 3.95. The molecule has 0 radical (unpaired) electrons. The third-order valence-corrected chi connectivity index (χ3v) is 4.60. The van der Waals surface area contributed by atoms with E-state index in [0.717, 1.165) is 5.56 Å². The third kappa shape index (κ3) is 2.02. The van der Waals surface area contributed by atoms with Gasteiger partial charge in [0.15, 0.2) is 9.84 Å². The minimum absolute atomic E-state index is 0.0720. The Labute approximate surface area is 94.2 Å². The third-order valence-electron chi connectivity index (χ3n) is 2.76. The van der Waals surface area contributed by atoms with Crippen molar-refractivity contribution < 1.29 is 8.42 Å². The standard InChI is InChI=1S/C10H12ClNO2S/c1-15(13,14)10-8(9(10)12)6-2-4-7(11)5-3-6/h2-5,8-10H,12H2,1H3/t8-,9+,10-/m0/s1. The Hall–Kier alpha value is -0.580. The Balaban J connectivity index is 2.26. The zero-order valence-electron chi connectivity index (χ0n) is 8.22. The van der Waals surface area contributed by atoms with Gasteiger partial charge < -0.3 is 5.73 Å². The van der Waals surface area contributed by atoms with E-state index in [2.05, 4.69) is 0 Å². The van der Waals surface area contributed by atoms with Gasteiger partial charge in [0.25, 0.3) is 0 Å². The van der Waals surface area contributed by atoms with E-state index in [4.69, 9.17) is 17.3 Å². The van der Waals surface area contributed by atoms with Gasteiger partial charge in [0, 0.05) is 23.2 Å². The van der Waals surface area contributed by atoms with E-state index in [1.807, 2.05) is 12.1 Å². The molecule has 1 aliphatic rings. The maximum absolute atomic E-state index is 11.3. The van der Waals surface area contributed by atoms with Gasteiger partial charge in [-0.2, -0.15) is 0 Å². The summed E-state index contributed by atoms with van der Waals surface area (Å²) >= 11 is 5.75. The molecule has 0 unspecified atom stereocenters. The summed E-state index contributed by atoms with van der Waals surface area (Å²) < 4.78 is 22.7. The Bertz CT molecular complexity index is 469. The molecule has 1 aliphatic carbocycles. The van der Waals surface area contributed by atoms with E-state index in [1.165, 1.54) is 6.26 Å². The van der Waals surface area contributed by atoms with E-state index < -0.39 is 15.1 Å². The van der Waals surface area contributed by atoms with Crippen LogP contribution in [-0.2, 0) is 9.84 Å². The van der Waals surface area contributed by atoms with Gasteiger partial charge in [0.05, 0.1) is 5.25 Å². The second-order valence-corrected chi connectivity index (χ2v) is 6.59. The van der Waals surface area contributed by atoms with Gasteiger partial charge in [0.1, 0.15) is 0 Å². The number of benzene rings is 1. The molecule has 2 rings (SSSR count). The van der Waals surface area contributed by atoms with Crippen LogP contribution >= 0.6 is 11.6 Å². The van der Waals surface area contributed by atoms with Gasteiger partial charge in [-0.1, -0.05) is 23.7 Å². The van der Waals surface area contributed by atoms with Gasteiger partial charge in [-0.05, 0) is 17.7 Å². The van der Waals surface area contributed by atoms with Crippen LogP contribution in [0, 0.1) is 0 Å². The summed E-state index contributed by atoms with van der Waals surface area (Å²) in [4.78, 5) is 0. The van der Waals surface area contributed by atoms with Crippen molar-refractivity contribution in [1.82, 2.24) is 0 Å². The Kier molecular flexibility index (Phi) is 2.53. The number of hydrogen-bond donors (Lipinski definition) is 1. The highest BCUT2D eigenvalue weighted by molar-refractivity contribution is 7.91. The molecule has 0 amide bonds. The van der Waals surface area contributed by atoms with E-state index in [1.54, 1.807) is 12.1 Å². The van der Waals surface area contributed by atoms with Crippen LogP contribution in [0.1, 0.15) is 11.5 Å². The monoisotopic (exact) mass is 245 g/mol. The molecule has 5 heteroatoms. The fraction of sp³-hybridized carbons (Fsp3) is 0.400. The largest absolute Gasteiger partial charge is 0.326 e. The average Bonchev–Trinajstić information content (AvgIpc) is 2.78. The lowest BCUT2D eigenvalue weighted by Gasteiger charge is -1.98. The van der Waals surface area contributed by atoms with Crippen molar-refractivity contribution in [2.24, 2.45) is 5.73 Å². The second kappa shape index (κ2) is 3.47. The van der Waals surface area contributed by atoms with Gasteiger partial charge >= 0.3 is 0 Å². The van der Waals surface area contributed by atoms with Crippen molar-refractivity contribution in [3.8, 4) is 0 Å². The molecular formula is C10H12ClNO2S. The summed E-state index contributed by atoms with van der Waals surface area (Å²) in [6.45, 7) is 0. The highest BCUT2D eigenvalue weighted by atomic mass is 35.5. The molecule has 1 fully saturated rings. The number of rotatable bonds is 2. The zero-order chi connectivity index (χ0) is 11.2. The summed E-state index contributed by atoms with van der Waals surface area (Å²) in [5.74, 6) is -0.0720. The molecule has 0 saturated heterocycles. The molecule has 1 aromatic carbocycles. The Morgan fingerprint density at radius 3 is 2.20 bits per heavy atom. The molecule has 1 saturated carbocycles. The Morgan fingerprint density at radius 1 is 1.27 bits per heavy atom. The lowest BCUT2D eigenvalue weighted by molar-refractivity contribution is 0.599. The molecule has 2 N–H and O–H groups in total. The molecule has 0 aromatic heterocycles. The van der Waals surface area contributed by atoms with Crippen molar-refractivity contribution in [2.45, 2.75) is 17.2 Å². The molecule has 0 heterocycles. The van der Waals surface area contributed by atoms with Crippen LogP contribution in [0.25, 0.3) is 0 Å². The lowest BCUT2D eigenvalue weighted by atomic mass is 10.1. The van der Waals surface area contributed by atoms with Crippen LogP contribution in [0.4, 0.5) is 0 Å². The highest BCUT2D eigenvalue weighted by Gasteiger charge is 2.54. The van der Waals surface area contributed by atoms with Crippen molar-refractivity contribution in [3.63, 3.8) is 0 Å². The molecule has 15 heavy (non-hydrogen) atoms. The minimum atomic E-state index is -3.04. The smallest absolute Gasteiger partial charge is 0.152 e. The SMILES string of the molecule is CS(=O)(=O)[C@@H]1[C@H](N)[C@@H]1c1ccc(Cl)cc1. The number of hydrogen-bond acceptors (Lipinski definition) is 3. The molecule has 3 atom stereocenters. The van der Waals surface area contributed by atoms with Crippen molar-refractivity contribution in [3.05, 3.63) is 34.9 Å². The first-order valence-corrected chi connectivity index (χ1v) is 6.94. The van der Waals surface area contributed by atoms with Crippen LogP contribution in [0.15, 0.2) is 24.3 Å². The zero-order valence-corrected chi connectivity index (χ0v) is 9.79. The van der Waals surface area contributed by atoms with Crippen molar-refractivity contribution >= 4 is 21.4 Å². The number of halogens is 1. The fourth-order valence-electron chi connectivity index (χ4n) is 1.95. The van der Waals surface area contributed by atoms with Crippen LogP contribution < -0.4 is 5.73 Å². The van der Waals surface area contributed by atoms with Crippen molar-refractivity contribution in [2.75, 3.05) is 6.26 Å². The van der Waals surface area contributed by atoms with E-state index in [9.17, 15) is 8.42 Å². The quantitative estimate of drug-likeness (QED) is 0.851. The predicted molar refractivity (Wildman–Crippen MR) is 60.8 cm³/mol. The molecule has 0 aliphatic heterocycles. The van der Waals surface area contributed by atoms with Crippen LogP contribution in [0.2, 0.25) is 5.02 Å². The first kappa shape index (κ1) is 10.9. The average molecular weight is 246 g/mol. The summed E-state index contributed by atoms with van der Waals surface area (Å²) in [5, 5.41) is 0.211. The lowest BCUT2D eigenvalue weighted by Crippen LogP contribution is -2.13. The van der Waals surface area contributed by atoms with Gasteiger partial charge in [-0.25, -0.2) is 8.42 Å². The molecule has 1 aromatic rings. The van der Waals surface area contributed by atoms with Crippen LogP contribution in [0.3, 0.4) is 0 Å². The summed E-state index contributed by atoms with van der Waals surface area (Å²) in [5.41, 5.74) is 6.70. The van der Waals surface area contributed by atoms with Gasteiger partial charge in [-0.15, -0.1) is 0 Å². The minimum Gasteiger partial charge on any atom is -0.326 e. The first-order chi connectivity index (χ1) is 6.91.